The van der Waals surface area contributed by atoms with E-state index >= 15 is 0 Å². The number of hydrogen-bond acceptors (Lipinski definition) is 3. The maximum Gasteiger partial charge on any atom is 0.256 e. The minimum atomic E-state index is -0.944. The van der Waals surface area contributed by atoms with Crippen LogP contribution < -0.4 is 5.32 Å². The van der Waals surface area contributed by atoms with Gasteiger partial charge >= 0.3 is 0 Å². The number of nitriles is 1. The number of hydrogen-bond donors (Lipinski definition) is 1. The van der Waals surface area contributed by atoms with Crippen LogP contribution in [0.4, 0.5) is 8.78 Å². The van der Waals surface area contributed by atoms with Crippen LogP contribution in [0.25, 0.3) is 0 Å². The number of aromatic nitrogens is 1. The number of pyridine rings is 1. The van der Waals surface area contributed by atoms with Gasteiger partial charge in [0.25, 0.3) is 5.91 Å². The average molecular weight is 273 g/mol. The van der Waals surface area contributed by atoms with E-state index in [2.05, 4.69) is 10.3 Å². The topological polar surface area (TPSA) is 65.8 Å². The average Bonchev–Trinajstić information content (AvgIpc) is 2.47. The summed E-state index contributed by atoms with van der Waals surface area (Å²) in [6.45, 7) is 0.120. The Balaban J connectivity index is 2.09. The largest absolute Gasteiger partial charge is 0.348 e. The van der Waals surface area contributed by atoms with Crippen molar-refractivity contribution in [1.29, 1.82) is 5.26 Å². The van der Waals surface area contributed by atoms with Gasteiger partial charge < -0.3 is 5.32 Å². The molecule has 0 atom stereocenters. The fraction of sp³-hybridized carbons (Fsp3) is 0.0714. The van der Waals surface area contributed by atoms with Gasteiger partial charge in [0.2, 0.25) is 5.95 Å². The smallest absolute Gasteiger partial charge is 0.256 e. The molecule has 2 aromatic rings. The lowest BCUT2D eigenvalue weighted by Gasteiger charge is -2.06. The first kappa shape index (κ1) is 13.6. The summed E-state index contributed by atoms with van der Waals surface area (Å²) in [4.78, 5) is 15.1. The Kier molecular flexibility index (Phi) is 4.01. The van der Waals surface area contributed by atoms with Crippen molar-refractivity contribution in [1.82, 2.24) is 10.3 Å². The summed E-state index contributed by atoms with van der Waals surface area (Å²) in [6, 6.07) is 8.45. The standard InChI is InChI=1S/C14H9F2N3O/c15-11-3-1-9(2-4-11)7-19-14(20)12-5-10(6-17)8-18-13(12)16/h1-5,8H,7H2,(H,19,20). The lowest BCUT2D eigenvalue weighted by Crippen LogP contribution is -2.24. The number of nitrogens with zero attached hydrogens (tertiary/aromatic N) is 2. The molecule has 0 saturated heterocycles. The number of nitrogens with one attached hydrogen (secondary N) is 1. The zero-order chi connectivity index (χ0) is 14.5. The first-order valence-electron chi connectivity index (χ1n) is 5.68. The molecule has 0 unspecified atom stereocenters. The van der Waals surface area contributed by atoms with Crippen molar-refractivity contribution in [2.24, 2.45) is 0 Å². The molecule has 0 aliphatic rings. The molecule has 0 saturated carbocycles. The zero-order valence-corrected chi connectivity index (χ0v) is 10.2. The van der Waals surface area contributed by atoms with E-state index in [1.165, 1.54) is 24.3 Å². The molecule has 1 aromatic heterocycles. The van der Waals surface area contributed by atoms with Gasteiger partial charge in [-0.1, -0.05) is 12.1 Å². The summed E-state index contributed by atoms with van der Waals surface area (Å²) in [5.41, 5.74) is 0.467. The highest BCUT2D eigenvalue weighted by Gasteiger charge is 2.13. The second-order valence-electron chi connectivity index (χ2n) is 3.98. The molecule has 1 aromatic carbocycles. The molecule has 1 N–H and O–H groups in total. The molecule has 0 bridgehead atoms. The van der Waals surface area contributed by atoms with Gasteiger partial charge in [0.1, 0.15) is 11.9 Å². The van der Waals surface area contributed by atoms with Crippen LogP contribution in [0.15, 0.2) is 36.5 Å². The second-order valence-corrected chi connectivity index (χ2v) is 3.98. The van der Waals surface area contributed by atoms with E-state index in [4.69, 9.17) is 5.26 Å². The Bertz CT molecular complexity index is 678. The van der Waals surface area contributed by atoms with E-state index in [0.717, 1.165) is 12.3 Å². The molecule has 2 rings (SSSR count). The highest BCUT2D eigenvalue weighted by Crippen LogP contribution is 2.08. The van der Waals surface area contributed by atoms with Crippen molar-refractivity contribution in [2.45, 2.75) is 6.54 Å². The molecule has 1 heterocycles. The van der Waals surface area contributed by atoms with Crippen LogP contribution in [0.2, 0.25) is 0 Å². The van der Waals surface area contributed by atoms with Crippen LogP contribution in [0.3, 0.4) is 0 Å². The van der Waals surface area contributed by atoms with Gasteiger partial charge in [0.15, 0.2) is 0 Å². The predicted octanol–water partition coefficient (Wildman–Crippen LogP) is 2.16. The Morgan fingerprint density at radius 2 is 2.00 bits per heavy atom. The fourth-order valence-corrected chi connectivity index (χ4v) is 1.55. The van der Waals surface area contributed by atoms with Gasteiger partial charge in [0.05, 0.1) is 11.1 Å². The van der Waals surface area contributed by atoms with E-state index in [1.807, 2.05) is 0 Å². The number of halogens is 2. The molecule has 100 valence electrons. The van der Waals surface area contributed by atoms with Crippen LogP contribution in [-0.4, -0.2) is 10.9 Å². The fourth-order valence-electron chi connectivity index (χ4n) is 1.55. The normalized spacial score (nSPS) is 9.85. The highest BCUT2D eigenvalue weighted by atomic mass is 19.1. The molecule has 1 amide bonds. The Hall–Kier alpha value is -2.81. The highest BCUT2D eigenvalue weighted by molar-refractivity contribution is 5.94. The summed E-state index contributed by atoms with van der Waals surface area (Å²) in [5.74, 6) is -2.01. The van der Waals surface area contributed by atoms with Crippen molar-refractivity contribution < 1.29 is 13.6 Å². The number of carbonyl (C=O) groups excluding carboxylic acids is 1. The van der Waals surface area contributed by atoms with E-state index in [1.54, 1.807) is 6.07 Å². The van der Waals surface area contributed by atoms with Gasteiger partial charge in [-0.3, -0.25) is 4.79 Å². The number of amides is 1. The van der Waals surface area contributed by atoms with Crippen LogP contribution in [0.1, 0.15) is 21.5 Å². The maximum atomic E-state index is 13.4. The van der Waals surface area contributed by atoms with E-state index in [-0.39, 0.29) is 23.5 Å². The molecule has 0 radical (unpaired) electrons. The quantitative estimate of drug-likeness (QED) is 0.871. The van der Waals surface area contributed by atoms with Crippen LogP contribution in [0.5, 0.6) is 0 Å². The van der Waals surface area contributed by atoms with E-state index in [0.29, 0.717) is 5.56 Å². The van der Waals surface area contributed by atoms with Crippen molar-refractivity contribution >= 4 is 5.91 Å². The van der Waals surface area contributed by atoms with Gasteiger partial charge in [-0.2, -0.15) is 9.65 Å². The summed E-state index contributed by atoms with van der Waals surface area (Å²) >= 11 is 0. The first-order valence-corrected chi connectivity index (χ1v) is 5.68. The van der Waals surface area contributed by atoms with Crippen LogP contribution >= 0.6 is 0 Å². The predicted molar refractivity (Wildman–Crippen MR) is 66.5 cm³/mol. The van der Waals surface area contributed by atoms with E-state index < -0.39 is 11.9 Å². The van der Waals surface area contributed by atoms with Gasteiger partial charge in [-0.25, -0.2) is 9.37 Å². The Morgan fingerprint density at radius 1 is 1.30 bits per heavy atom. The van der Waals surface area contributed by atoms with Gasteiger partial charge in [0, 0.05) is 12.7 Å². The second kappa shape index (κ2) is 5.89. The third-order valence-electron chi connectivity index (χ3n) is 2.58. The minimum Gasteiger partial charge on any atom is -0.348 e. The summed E-state index contributed by atoms with van der Waals surface area (Å²) in [5, 5.41) is 11.2. The SMILES string of the molecule is N#Cc1cnc(F)c(C(=O)NCc2ccc(F)cc2)c1. The molecule has 0 fully saturated rings. The first-order chi connectivity index (χ1) is 9.60. The maximum absolute atomic E-state index is 13.4. The van der Waals surface area contributed by atoms with Gasteiger partial charge in [-0.15, -0.1) is 0 Å². The number of carbonyl (C=O) groups is 1. The minimum absolute atomic E-state index is 0.0957. The van der Waals surface area contributed by atoms with Crippen LogP contribution in [0, 0.1) is 23.1 Å². The molecular weight excluding hydrogens is 264 g/mol. The molecule has 20 heavy (non-hydrogen) atoms. The summed E-state index contributed by atoms with van der Waals surface area (Å²) in [7, 11) is 0. The van der Waals surface area contributed by atoms with Crippen LogP contribution in [-0.2, 0) is 6.54 Å². The Morgan fingerprint density at radius 3 is 2.65 bits per heavy atom. The molecule has 0 spiro atoms. The summed E-state index contributed by atoms with van der Waals surface area (Å²) < 4.78 is 26.1. The van der Waals surface area contributed by atoms with Crippen molar-refractivity contribution in [3.63, 3.8) is 0 Å². The molecule has 0 aliphatic heterocycles. The number of rotatable bonds is 3. The van der Waals surface area contributed by atoms with E-state index in [9.17, 15) is 13.6 Å². The van der Waals surface area contributed by atoms with Crippen molar-refractivity contribution in [2.75, 3.05) is 0 Å². The lowest BCUT2D eigenvalue weighted by atomic mass is 10.2. The lowest BCUT2D eigenvalue weighted by molar-refractivity contribution is 0.0946. The Labute approximate surface area is 113 Å². The molecular formula is C14H9F2N3O. The van der Waals surface area contributed by atoms with Crippen molar-refractivity contribution in [3.05, 3.63) is 65.0 Å². The summed E-state index contributed by atoms with van der Waals surface area (Å²) in [6.07, 6.45) is 1.05. The van der Waals surface area contributed by atoms with Gasteiger partial charge in [-0.05, 0) is 23.8 Å². The third kappa shape index (κ3) is 3.14. The number of benzene rings is 1. The zero-order valence-electron chi connectivity index (χ0n) is 10.2. The monoisotopic (exact) mass is 273 g/mol. The molecule has 4 nitrogen and oxygen atoms in total. The van der Waals surface area contributed by atoms with Crippen molar-refractivity contribution in [3.8, 4) is 6.07 Å². The third-order valence-corrected chi connectivity index (χ3v) is 2.58. The molecule has 0 aliphatic carbocycles. The molecule has 6 heteroatoms.